The highest BCUT2D eigenvalue weighted by atomic mass is 35.5. The number of hydrogen-bond acceptors (Lipinski definition) is 6. The molecule has 0 saturated heterocycles. The van der Waals surface area contributed by atoms with Crippen LogP contribution in [0.3, 0.4) is 0 Å². The third-order valence-electron chi connectivity index (χ3n) is 8.54. The van der Waals surface area contributed by atoms with E-state index >= 15 is 0 Å². The maximum atomic E-state index is 13.7. The van der Waals surface area contributed by atoms with Crippen LogP contribution in [0.1, 0.15) is 60.0 Å². The summed E-state index contributed by atoms with van der Waals surface area (Å²) in [7, 11) is 0. The summed E-state index contributed by atoms with van der Waals surface area (Å²) in [5, 5.41) is 18.2. The Morgan fingerprint density at radius 1 is 1.04 bits per heavy atom. The second-order valence-electron chi connectivity index (χ2n) is 11.4. The van der Waals surface area contributed by atoms with Crippen molar-refractivity contribution in [3.8, 4) is 16.9 Å². The van der Waals surface area contributed by atoms with Crippen LogP contribution in [-0.4, -0.2) is 51.9 Å². The van der Waals surface area contributed by atoms with E-state index in [-0.39, 0.29) is 19.2 Å². The molecule has 2 aromatic heterocycles. The number of esters is 1. The molecule has 3 heterocycles. The lowest BCUT2D eigenvalue weighted by atomic mass is 9.98. The first-order chi connectivity index (χ1) is 22.0. The minimum Gasteiger partial charge on any atom is -0.493 e. The lowest BCUT2D eigenvalue weighted by Gasteiger charge is -2.14. The molecule has 0 saturated carbocycles. The summed E-state index contributed by atoms with van der Waals surface area (Å²) in [6.07, 6.45) is 3.61. The smallest absolute Gasteiger partial charge is 0.355 e. The molecule has 45 heavy (non-hydrogen) atoms. The van der Waals surface area contributed by atoms with Gasteiger partial charge < -0.3 is 23.9 Å². The largest absolute Gasteiger partial charge is 0.493 e. The van der Waals surface area contributed by atoms with Crippen LogP contribution in [0.15, 0.2) is 54.6 Å². The topological polar surface area (TPSA) is 87.7 Å². The van der Waals surface area contributed by atoms with E-state index in [1.807, 2.05) is 54.9 Å². The number of hydrogen-bond donors (Lipinski definition) is 1. The van der Waals surface area contributed by atoms with Crippen LogP contribution in [0.5, 0.6) is 5.75 Å². The standard InChI is InChI=1S/C36H40ClN3O5/c1-3-44-36(42)35-27(14-9-22-45-31-15-8-12-25-11-4-5-13-26(25)31)28-16-17-29(37)33-32-24(2)40(19-10-20-41)38-30(32)23-43-21-7-6-18-39(35)34(28)33/h4-5,8,11-13,15-17,41H,3,6-7,9-10,14,18-23H2,1-2H3. The molecule has 0 bridgehead atoms. The number of fused-ring (bicyclic) bond motifs is 3. The Labute approximate surface area is 268 Å². The molecule has 0 unspecified atom stereocenters. The number of aliphatic hydroxyl groups excluding tert-OH is 1. The number of rotatable bonds is 10. The number of ether oxygens (including phenoxy) is 3. The SMILES string of the molecule is CCOC(=O)c1c(CCCOc2cccc3ccccc23)c2ccc(Cl)c3c2n1CCCCOCc1nn(CCCO)c(C)c1-3. The second-order valence-corrected chi connectivity index (χ2v) is 11.8. The molecule has 1 aliphatic rings. The molecule has 3 aromatic carbocycles. The quantitative estimate of drug-likeness (QED) is 0.127. The average molecular weight is 630 g/mol. The van der Waals surface area contributed by atoms with Crippen LogP contribution < -0.4 is 4.74 Å². The third-order valence-corrected chi connectivity index (χ3v) is 8.86. The van der Waals surface area contributed by atoms with E-state index < -0.39 is 0 Å². The Balaban J connectivity index is 1.45. The van der Waals surface area contributed by atoms with Crippen LogP contribution in [0.25, 0.3) is 32.8 Å². The molecule has 0 aliphatic carbocycles. The predicted octanol–water partition coefficient (Wildman–Crippen LogP) is 7.50. The Morgan fingerprint density at radius 3 is 2.73 bits per heavy atom. The summed E-state index contributed by atoms with van der Waals surface area (Å²) in [5.74, 6) is 0.524. The van der Waals surface area contributed by atoms with E-state index in [2.05, 4.69) is 22.8 Å². The second kappa shape index (κ2) is 14.1. The van der Waals surface area contributed by atoms with Gasteiger partial charge in [0.15, 0.2) is 0 Å². The zero-order chi connectivity index (χ0) is 31.3. The molecule has 0 atom stereocenters. The van der Waals surface area contributed by atoms with Crippen molar-refractivity contribution in [2.45, 2.75) is 65.6 Å². The highest BCUT2D eigenvalue weighted by Gasteiger charge is 2.29. The zero-order valence-electron chi connectivity index (χ0n) is 26.0. The van der Waals surface area contributed by atoms with Crippen molar-refractivity contribution in [1.29, 1.82) is 0 Å². The molecule has 0 radical (unpaired) electrons. The van der Waals surface area contributed by atoms with E-state index in [1.165, 1.54) is 0 Å². The first-order valence-electron chi connectivity index (χ1n) is 15.9. The Hall–Kier alpha value is -3.85. The van der Waals surface area contributed by atoms with Gasteiger partial charge in [-0.2, -0.15) is 5.10 Å². The van der Waals surface area contributed by atoms with Crippen LogP contribution >= 0.6 is 11.6 Å². The first-order valence-corrected chi connectivity index (χ1v) is 16.3. The highest BCUT2D eigenvalue weighted by Crippen LogP contribution is 2.43. The molecule has 1 N–H and O–H groups in total. The van der Waals surface area contributed by atoms with Gasteiger partial charge in [-0.15, -0.1) is 0 Å². The minimum atomic E-state index is -0.331. The molecular weight excluding hydrogens is 590 g/mol. The van der Waals surface area contributed by atoms with Crippen molar-refractivity contribution < 1.29 is 24.1 Å². The molecule has 5 aromatic rings. The summed E-state index contributed by atoms with van der Waals surface area (Å²) in [6, 6.07) is 18.3. The number of aryl methyl sites for hydroxylation is 3. The number of nitrogens with zero attached hydrogens (tertiary/aromatic N) is 3. The number of aromatic nitrogens is 3. The Bertz CT molecular complexity index is 1820. The Kier molecular flexibility index (Phi) is 9.73. The molecular formula is C36H40ClN3O5. The van der Waals surface area contributed by atoms with Crippen molar-refractivity contribution >= 4 is 39.2 Å². The van der Waals surface area contributed by atoms with Gasteiger partial charge in [0.2, 0.25) is 0 Å². The fourth-order valence-electron chi connectivity index (χ4n) is 6.51. The van der Waals surface area contributed by atoms with Crippen molar-refractivity contribution in [1.82, 2.24) is 14.3 Å². The Morgan fingerprint density at radius 2 is 1.89 bits per heavy atom. The monoisotopic (exact) mass is 629 g/mol. The van der Waals surface area contributed by atoms with Crippen molar-refractivity contribution in [3.63, 3.8) is 0 Å². The highest BCUT2D eigenvalue weighted by molar-refractivity contribution is 6.35. The molecule has 8 nitrogen and oxygen atoms in total. The van der Waals surface area contributed by atoms with Gasteiger partial charge in [-0.25, -0.2) is 4.79 Å². The number of aliphatic hydroxyl groups is 1. The minimum absolute atomic E-state index is 0.0795. The van der Waals surface area contributed by atoms with E-state index in [0.717, 1.165) is 68.3 Å². The van der Waals surface area contributed by atoms with Crippen molar-refractivity contribution in [3.05, 3.63) is 82.3 Å². The number of carbonyl (C=O) groups excluding carboxylic acids is 1. The normalized spacial score (nSPS) is 13.5. The van der Waals surface area contributed by atoms with E-state index in [4.69, 9.17) is 30.9 Å². The number of benzene rings is 3. The fraction of sp³-hybridized carbons (Fsp3) is 0.389. The summed E-state index contributed by atoms with van der Waals surface area (Å²) >= 11 is 7.06. The first kappa shape index (κ1) is 31.1. The van der Waals surface area contributed by atoms with Crippen molar-refractivity contribution in [2.75, 3.05) is 26.4 Å². The van der Waals surface area contributed by atoms with Gasteiger partial charge >= 0.3 is 5.97 Å². The van der Waals surface area contributed by atoms with E-state index in [1.54, 1.807) is 0 Å². The zero-order valence-corrected chi connectivity index (χ0v) is 26.7. The predicted molar refractivity (Wildman–Crippen MR) is 177 cm³/mol. The number of carbonyl (C=O) groups is 1. The van der Waals surface area contributed by atoms with Crippen molar-refractivity contribution in [2.24, 2.45) is 0 Å². The fourth-order valence-corrected chi connectivity index (χ4v) is 6.76. The van der Waals surface area contributed by atoms with Gasteiger partial charge in [-0.05, 0) is 69.0 Å². The van der Waals surface area contributed by atoms with Crippen LogP contribution in [0, 0.1) is 6.92 Å². The number of halogens is 1. The summed E-state index contributed by atoms with van der Waals surface area (Å²) in [5.41, 5.74) is 5.97. The third kappa shape index (κ3) is 6.19. The maximum absolute atomic E-state index is 13.7. The van der Waals surface area contributed by atoms with Gasteiger partial charge in [0.1, 0.15) is 11.4 Å². The van der Waals surface area contributed by atoms with Gasteiger partial charge in [-0.3, -0.25) is 4.68 Å². The molecule has 0 fully saturated rings. The van der Waals surface area contributed by atoms with E-state index in [0.29, 0.717) is 62.9 Å². The van der Waals surface area contributed by atoms with Crippen LogP contribution in [-0.2, 0) is 35.6 Å². The summed E-state index contributed by atoms with van der Waals surface area (Å²) < 4.78 is 22.1. The molecule has 0 spiro atoms. The molecule has 236 valence electrons. The lowest BCUT2D eigenvalue weighted by Crippen LogP contribution is -2.15. The summed E-state index contributed by atoms with van der Waals surface area (Å²) in [6.45, 7) is 6.89. The molecule has 6 rings (SSSR count). The lowest BCUT2D eigenvalue weighted by molar-refractivity contribution is 0.0512. The van der Waals surface area contributed by atoms with Crippen LogP contribution in [0.2, 0.25) is 5.02 Å². The van der Waals surface area contributed by atoms with Gasteiger partial charge in [-0.1, -0.05) is 54.1 Å². The maximum Gasteiger partial charge on any atom is 0.355 e. The average Bonchev–Trinajstić information content (AvgIpc) is 3.52. The molecule has 9 heteroatoms. The van der Waals surface area contributed by atoms with Gasteiger partial charge in [0, 0.05) is 53.9 Å². The van der Waals surface area contributed by atoms with Gasteiger partial charge in [0.25, 0.3) is 0 Å². The molecule has 1 aliphatic heterocycles. The van der Waals surface area contributed by atoms with Crippen LogP contribution in [0.4, 0.5) is 0 Å². The summed E-state index contributed by atoms with van der Waals surface area (Å²) in [4.78, 5) is 13.7. The van der Waals surface area contributed by atoms with Gasteiger partial charge in [0.05, 0.1) is 36.1 Å². The molecule has 0 amide bonds. The van der Waals surface area contributed by atoms with E-state index in [9.17, 15) is 9.90 Å².